The number of hydrogen-bond acceptors (Lipinski definition) is 5. The van der Waals surface area contributed by atoms with Gasteiger partial charge in [0, 0.05) is 0 Å². The topological polar surface area (TPSA) is 98.0 Å². The molecule has 0 fully saturated rings. The van der Waals surface area contributed by atoms with Crippen molar-refractivity contribution in [1.29, 1.82) is 0 Å². The molecule has 0 aliphatic rings. The summed E-state index contributed by atoms with van der Waals surface area (Å²) >= 11 is 5.74. The highest BCUT2D eigenvalue weighted by molar-refractivity contribution is 7.89. The zero-order valence-corrected chi connectivity index (χ0v) is 12.9. The van der Waals surface area contributed by atoms with Crippen LogP contribution in [0.25, 0.3) is 0 Å². The van der Waals surface area contributed by atoms with Gasteiger partial charge in [0.15, 0.2) is 0 Å². The molecule has 2 rings (SSSR count). The SMILES string of the molecule is CC[C@H](Nc1ncc(Cl)cn1)c1cccc(S(N)(=O)=O)c1. The zero-order valence-electron chi connectivity index (χ0n) is 11.3. The van der Waals surface area contributed by atoms with Gasteiger partial charge in [-0.05, 0) is 24.1 Å². The molecule has 1 aromatic heterocycles. The molecule has 0 aliphatic carbocycles. The number of sulfonamides is 1. The number of benzene rings is 1. The number of hydrogen-bond donors (Lipinski definition) is 2. The predicted molar refractivity (Wildman–Crippen MR) is 81.5 cm³/mol. The van der Waals surface area contributed by atoms with E-state index in [-0.39, 0.29) is 10.9 Å². The number of primary sulfonamides is 1. The summed E-state index contributed by atoms with van der Waals surface area (Å²) in [6.07, 6.45) is 3.70. The summed E-state index contributed by atoms with van der Waals surface area (Å²) in [6, 6.07) is 6.36. The van der Waals surface area contributed by atoms with Crippen LogP contribution in [0.1, 0.15) is 24.9 Å². The summed E-state index contributed by atoms with van der Waals surface area (Å²) in [5.41, 5.74) is 0.794. The fourth-order valence-corrected chi connectivity index (χ4v) is 2.54. The molecule has 0 radical (unpaired) electrons. The zero-order chi connectivity index (χ0) is 15.5. The van der Waals surface area contributed by atoms with E-state index in [0.29, 0.717) is 11.0 Å². The smallest absolute Gasteiger partial charge is 0.238 e. The van der Waals surface area contributed by atoms with Crippen LogP contribution < -0.4 is 10.5 Å². The highest BCUT2D eigenvalue weighted by Gasteiger charge is 2.14. The average Bonchev–Trinajstić information content (AvgIpc) is 2.46. The first-order valence-electron chi connectivity index (χ1n) is 6.27. The number of anilines is 1. The summed E-state index contributed by atoms with van der Waals surface area (Å²) in [4.78, 5) is 8.21. The quantitative estimate of drug-likeness (QED) is 0.878. The minimum atomic E-state index is -3.72. The summed E-state index contributed by atoms with van der Waals surface area (Å²) < 4.78 is 22.8. The minimum absolute atomic E-state index is 0.0808. The van der Waals surface area contributed by atoms with E-state index >= 15 is 0 Å². The van der Waals surface area contributed by atoms with Crippen LogP contribution in [0.4, 0.5) is 5.95 Å². The van der Waals surface area contributed by atoms with Crippen LogP contribution in [0.15, 0.2) is 41.6 Å². The molecule has 6 nitrogen and oxygen atoms in total. The Labute approximate surface area is 128 Å². The van der Waals surface area contributed by atoms with Crippen molar-refractivity contribution in [3.8, 4) is 0 Å². The van der Waals surface area contributed by atoms with E-state index in [9.17, 15) is 8.42 Å². The Morgan fingerprint density at radius 1 is 1.33 bits per heavy atom. The molecule has 3 N–H and O–H groups in total. The summed E-state index contributed by atoms with van der Waals surface area (Å²) in [6.45, 7) is 1.97. The lowest BCUT2D eigenvalue weighted by molar-refractivity contribution is 0.597. The van der Waals surface area contributed by atoms with Crippen molar-refractivity contribution in [1.82, 2.24) is 9.97 Å². The Hall–Kier alpha value is -1.70. The molecular formula is C13H15ClN4O2S. The van der Waals surface area contributed by atoms with E-state index in [4.69, 9.17) is 16.7 Å². The van der Waals surface area contributed by atoms with Crippen molar-refractivity contribution >= 4 is 27.6 Å². The third-order valence-electron chi connectivity index (χ3n) is 2.92. The van der Waals surface area contributed by atoms with Crippen LogP contribution in [0, 0.1) is 0 Å². The van der Waals surface area contributed by atoms with Crippen molar-refractivity contribution in [2.75, 3.05) is 5.32 Å². The molecule has 0 bridgehead atoms. The lowest BCUT2D eigenvalue weighted by Gasteiger charge is -2.17. The Morgan fingerprint density at radius 3 is 2.57 bits per heavy atom. The molecule has 1 atom stereocenters. The van der Waals surface area contributed by atoms with E-state index in [1.807, 2.05) is 13.0 Å². The van der Waals surface area contributed by atoms with Gasteiger partial charge in [0.2, 0.25) is 16.0 Å². The molecule has 0 aliphatic heterocycles. The van der Waals surface area contributed by atoms with Gasteiger partial charge in [-0.3, -0.25) is 0 Å². The van der Waals surface area contributed by atoms with Crippen molar-refractivity contribution in [2.24, 2.45) is 5.14 Å². The van der Waals surface area contributed by atoms with Crippen LogP contribution in [-0.2, 0) is 10.0 Å². The third-order valence-corrected chi connectivity index (χ3v) is 4.03. The lowest BCUT2D eigenvalue weighted by Crippen LogP contribution is -2.15. The van der Waals surface area contributed by atoms with Gasteiger partial charge in [-0.25, -0.2) is 23.5 Å². The molecule has 0 unspecified atom stereocenters. The van der Waals surface area contributed by atoms with E-state index < -0.39 is 10.0 Å². The molecule has 21 heavy (non-hydrogen) atoms. The predicted octanol–water partition coefficient (Wildman–Crippen LogP) is 2.34. The van der Waals surface area contributed by atoms with E-state index in [0.717, 1.165) is 12.0 Å². The summed E-state index contributed by atoms with van der Waals surface area (Å²) in [7, 11) is -3.72. The number of nitrogens with one attached hydrogen (secondary N) is 1. The molecule has 1 heterocycles. The van der Waals surface area contributed by atoms with Crippen LogP contribution >= 0.6 is 11.6 Å². The second kappa shape index (κ2) is 6.38. The van der Waals surface area contributed by atoms with Gasteiger partial charge in [0.25, 0.3) is 0 Å². The minimum Gasteiger partial charge on any atom is -0.347 e. The first-order valence-corrected chi connectivity index (χ1v) is 8.19. The second-order valence-electron chi connectivity index (χ2n) is 4.45. The van der Waals surface area contributed by atoms with Crippen molar-refractivity contribution in [2.45, 2.75) is 24.3 Å². The van der Waals surface area contributed by atoms with Crippen LogP contribution in [-0.4, -0.2) is 18.4 Å². The number of rotatable bonds is 5. The maximum Gasteiger partial charge on any atom is 0.238 e. The number of nitrogens with two attached hydrogens (primary N) is 1. The normalized spacial score (nSPS) is 12.9. The summed E-state index contributed by atoms with van der Waals surface area (Å²) in [5.74, 6) is 0.423. The van der Waals surface area contributed by atoms with Crippen molar-refractivity contribution in [3.05, 3.63) is 47.2 Å². The van der Waals surface area contributed by atoms with Gasteiger partial charge < -0.3 is 5.32 Å². The number of halogens is 1. The van der Waals surface area contributed by atoms with E-state index in [1.54, 1.807) is 12.1 Å². The fourth-order valence-electron chi connectivity index (χ4n) is 1.87. The third kappa shape index (κ3) is 4.13. The van der Waals surface area contributed by atoms with Gasteiger partial charge >= 0.3 is 0 Å². The van der Waals surface area contributed by atoms with Gasteiger partial charge in [0.05, 0.1) is 28.4 Å². The Balaban J connectivity index is 2.27. The van der Waals surface area contributed by atoms with E-state index in [2.05, 4.69) is 15.3 Å². The van der Waals surface area contributed by atoms with Crippen LogP contribution in [0.5, 0.6) is 0 Å². The molecule has 0 spiro atoms. The van der Waals surface area contributed by atoms with Gasteiger partial charge in [-0.1, -0.05) is 30.7 Å². The van der Waals surface area contributed by atoms with Crippen LogP contribution in [0.3, 0.4) is 0 Å². The van der Waals surface area contributed by atoms with Gasteiger partial charge in [-0.15, -0.1) is 0 Å². The van der Waals surface area contributed by atoms with Crippen molar-refractivity contribution in [3.63, 3.8) is 0 Å². The lowest BCUT2D eigenvalue weighted by atomic mass is 10.1. The molecule has 2 aromatic rings. The Bertz CT molecular complexity index is 719. The number of nitrogens with zero attached hydrogens (tertiary/aromatic N) is 2. The average molecular weight is 327 g/mol. The first kappa shape index (κ1) is 15.7. The van der Waals surface area contributed by atoms with Gasteiger partial charge in [0.1, 0.15) is 0 Å². The highest BCUT2D eigenvalue weighted by Crippen LogP contribution is 2.23. The Morgan fingerprint density at radius 2 is 2.00 bits per heavy atom. The largest absolute Gasteiger partial charge is 0.347 e. The van der Waals surface area contributed by atoms with Gasteiger partial charge in [-0.2, -0.15) is 0 Å². The molecule has 0 saturated carbocycles. The molecular weight excluding hydrogens is 312 g/mol. The monoisotopic (exact) mass is 326 g/mol. The molecule has 8 heteroatoms. The maximum absolute atomic E-state index is 11.4. The van der Waals surface area contributed by atoms with Crippen molar-refractivity contribution < 1.29 is 8.42 Å². The molecule has 0 saturated heterocycles. The Kier molecular flexibility index (Phi) is 4.76. The molecule has 112 valence electrons. The highest BCUT2D eigenvalue weighted by atomic mass is 35.5. The molecule has 1 aromatic carbocycles. The summed E-state index contributed by atoms with van der Waals surface area (Å²) in [5, 5.41) is 8.73. The first-order chi connectivity index (χ1) is 9.90. The standard InChI is InChI=1S/C13H15ClN4O2S/c1-2-12(18-13-16-7-10(14)8-17-13)9-4-3-5-11(6-9)21(15,19)20/h3-8,12H,2H2,1H3,(H2,15,19,20)(H,16,17,18)/t12-/m0/s1. The number of aromatic nitrogens is 2. The van der Waals surface area contributed by atoms with Crippen LogP contribution in [0.2, 0.25) is 5.02 Å². The van der Waals surface area contributed by atoms with E-state index in [1.165, 1.54) is 18.5 Å². The second-order valence-corrected chi connectivity index (χ2v) is 6.45. The molecule has 0 amide bonds. The maximum atomic E-state index is 11.4. The fraction of sp³-hybridized carbons (Fsp3) is 0.231.